The summed E-state index contributed by atoms with van der Waals surface area (Å²) in [6, 6.07) is 6.00. The van der Waals surface area contributed by atoms with Crippen molar-refractivity contribution < 1.29 is 17.6 Å². The van der Waals surface area contributed by atoms with Crippen molar-refractivity contribution in [1.82, 2.24) is 18.6 Å². The molecule has 1 saturated heterocycles. The summed E-state index contributed by atoms with van der Waals surface area (Å²) in [6.45, 7) is 0. The van der Waals surface area contributed by atoms with Gasteiger partial charge in [0.1, 0.15) is 11.9 Å². The zero-order chi connectivity index (χ0) is 22.3. The van der Waals surface area contributed by atoms with Crippen LogP contribution in [0.4, 0.5) is 10.1 Å². The van der Waals surface area contributed by atoms with Crippen molar-refractivity contribution in [3.8, 4) is 10.6 Å². The highest BCUT2D eigenvalue weighted by atomic mass is 35.5. The number of likely N-dealkylation sites (N-methyl/N-ethyl adjacent to an activating group) is 1. The van der Waals surface area contributed by atoms with Gasteiger partial charge in [0.15, 0.2) is 0 Å². The molecule has 2 atom stereocenters. The van der Waals surface area contributed by atoms with Crippen LogP contribution < -0.4 is 10.0 Å². The molecule has 0 radical (unpaired) electrons. The third-order valence-corrected chi connectivity index (χ3v) is 8.20. The number of aromatic nitrogens is 2. The Morgan fingerprint density at radius 3 is 2.77 bits per heavy atom. The van der Waals surface area contributed by atoms with Crippen LogP contribution in [0.1, 0.15) is 17.3 Å². The minimum absolute atomic E-state index is 0.136. The topological polar surface area (TPSA) is 96.3 Å². The minimum Gasteiger partial charge on any atom is -0.333 e. The molecule has 1 amide bonds. The van der Waals surface area contributed by atoms with Crippen LogP contribution in [0.5, 0.6) is 0 Å². The number of rotatable bonds is 4. The number of imidazole rings is 1. The van der Waals surface area contributed by atoms with E-state index in [1.165, 1.54) is 30.5 Å². The van der Waals surface area contributed by atoms with Crippen molar-refractivity contribution in [3.05, 3.63) is 58.6 Å². The molecule has 0 aliphatic carbocycles. The van der Waals surface area contributed by atoms with E-state index in [-0.39, 0.29) is 17.1 Å². The number of carbonyl (C=O) groups is 1. The number of nitrogens with one attached hydrogen (secondary N) is 2. The first-order chi connectivity index (χ1) is 14.7. The molecule has 0 spiro atoms. The molecule has 4 rings (SSSR count). The second-order valence-electron chi connectivity index (χ2n) is 7.15. The Hall–Kier alpha value is -2.31. The molecule has 1 fully saturated rings. The molecule has 2 N–H and O–H groups in total. The quantitative estimate of drug-likeness (QED) is 0.595. The van der Waals surface area contributed by atoms with E-state index in [0.717, 1.165) is 25.8 Å². The number of thiophene rings is 1. The van der Waals surface area contributed by atoms with Gasteiger partial charge in [-0.15, -0.1) is 11.3 Å². The zero-order valence-electron chi connectivity index (χ0n) is 16.5. The number of amides is 1. The summed E-state index contributed by atoms with van der Waals surface area (Å²) in [7, 11) is -0.667. The highest BCUT2D eigenvalue weighted by Gasteiger charge is 2.41. The van der Waals surface area contributed by atoms with Crippen molar-refractivity contribution in [2.24, 2.45) is 7.05 Å². The van der Waals surface area contributed by atoms with Crippen LogP contribution in [0.15, 0.2) is 42.9 Å². The van der Waals surface area contributed by atoms with Crippen LogP contribution in [-0.4, -0.2) is 41.3 Å². The maximum absolute atomic E-state index is 13.4. The van der Waals surface area contributed by atoms with Gasteiger partial charge in [-0.3, -0.25) is 4.79 Å². The Balaban J connectivity index is 1.58. The molecule has 164 valence electrons. The first-order valence-corrected chi connectivity index (χ1v) is 11.9. The predicted molar refractivity (Wildman–Crippen MR) is 118 cm³/mol. The minimum atomic E-state index is -3.89. The van der Waals surface area contributed by atoms with Gasteiger partial charge in [0, 0.05) is 24.7 Å². The maximum Gasteiger partial charge on any atom is 0.280 e. The van der Waals surface area contributed by atoms with Gasteiger partial charge in [0.2, 0.25) is 5.91 Å². The molecule has 0 unspecified atom stereocenters. The van der Waals surface area contributed by atoms with E-state index in [4.69, 9.17) is 11.6 Å². The molecule has 8 nitrogen and oxygen atoms in total. The van der Waals surface area contributed by atoms with Crippen LogP contribution in [-0.2, 0) is 22.1 Å². The third-order valence-electron chi connectivity index (χ3n) is 5.10. The smallest absolute Gasteiger partial charge is 0.280 e. The summed E-state index contributed by atoms with van der Waals surface area (Å²) in [6.07, 6.45) is 3.65. The SMILES string of the molecule is CN1[C@H](C(=O)Nc2ccc(F)c(Cl)c2)C[C@H](c2ccc(-c3cncn3C)s2)NS1(=O)=O. The number of anilines is 1. The molecule has 0 bridgehead atoms. The van der Waals surface area contributed by atoms with Crippen LogP contribution in [0.3, 0.4) is 0 Å². The van der Waals surface area contributed by atoms with E-state index in [1.807, 2.05) is 23.7 Å². The Morgan fingerprint density at radius 2 is 2.10 bits per heavy atom. The summed E-state index contributed by atoms with van der Waals surface area (Å²) in [5.74, 6) is -1.13. The van der Waals surface area contributed by atoms with Crippen molar-refractivity contribution in [2.45, 2.75) is 18.5 Å². The predicted octanol–water partition coefficient (Wildman–Crippen LogP) is 3.16. The Bertz CT molecular complexity index is 1240. The molecule has 1 aliphatic rings. The zero-order valence-corrected chi connectivity index (χ0v) is 18.9. The van der Waals surface area contributed by atoms with Gasteiger partial charge in [-0.05, 0) is 36.8 Å². The summed E-state index contributed by atoms with van der Waals surface area (Å²) in [5, 5.41) is 2.49. The molecule has 2 aromatic heterocycles. The Kier molecular flexibility index (Phi) is 5.88. The van der Waals surface area contributed by atoms with Gasteiger partial charge >= 0.3 is 0 Å². The van der Waals surface area contributed by atoms with Crippen molar-refractivity contribution in [3.63, 3.8) is 0 Å². The molecular weight excluding hydrogens is 465 g/mol. The molecule has 12 heteroatoms. The lowest BCUT2D eigenvalue weighted by Crippen LogP contribution is -2.55. The van der Waals surface area contributed by atoms with Crippen molar-refractivity contribution in [2.75, 3.05) is 12.4 Å². The lowest BCUT2D eigenvalue weighted by atomic mass is 10.1. The van der Waals surface area contributed by atoms with E-state index in [1.54, 1.807) is 12.5 Å². The number of nitrogens with zero attached hydrogens (tertiary/aromatic N) is 3. The van der Waals surface area contributed by atoms with Gasteiger partial charge in [-0.1, -0.05) is 11.6 Å². The number of hydrogen-bond acceptors (Lipinski definition) is 5. The van der Waals surface area contributed by atoms with Gasteiger partial charge in [-0.25, -0.2) is 9.37 Å². The summed E-state index contributed by atoms with van der Waals surface area (Å²) >= 11 is 7.21. The first-order valence-electron chi connectivity index (χ1n) is 9.23. The standard InChI is InChI=1S/C19H19ClFN5O3S2/c1-25-10-22-9-16(25)18-6-5-17(30-18)14-8-15(26(2)31(28,29)24-14)19(27)23-11-3-4-13(21)12(20)7-11/h3-7,9-10,14-15,24H,8H2,1-2H3,(H,23,27)/t14-,15+/m1/s1. The van der Waals surface area contributed by atoms with E-state index < -0.39 is 34.0 Å². The average Bonchev–Trinajstić information content (AvgIpc) is 3.35. The van der Waals surface area contributed by atoms with E-state index >= 15 is 0 Å². The number of hydrogen-bond donors (Lipinski definition) is 2. The molecular formula is C19H19ClFN5O3S2. The van der Waals surface area contributed by atoms with Gasteiger partial charge < -0.3 is 9.88 Å². The second-order valence-corrected chi connectivity index (χ2v) is 10.4. The van der Waals surface area contributed by atoms with Gasteiger partial charge in [0.05, 0.1) is 34.2 Å². The lowest BCUT2D eigenvalue weighted by Gasteiger charge is -2.35. The summed E-state index contributed by atoms with van der Waals surface area (Å²) in [5.41, 5.74) is 1.20. The highest BCUT2D eigenvalue weighted by Crippen LogP contribution is 2.36. The molecule has 1 aliphatic heterocycles. The maximum atomic E-state index is 13.4. The number of benzene rings is 1. The number of aryl methyl sites for hydroxylation is 1. The summed E-state index contributed by atoms with van der Waals surface area (Å²) in [4.78, 5) is 18.7. The molecule has 1 aromatic carbocycles. The normalized spacial score (nSPS) is 21.2. The fourth-order valence-corrected chi connectivity index (χ4v) is 6.01. The average molecular weight is 484 g/mol. The fourth-order valence-electron chi connectivity index (χ4n) is 3.37. The van der Waals surface area contributed by atoms with Crippen molar-refractivity contribution >= 4 is 44.7 Å². The summed E-state index contributed by atoms with van der Waals surface area (Å²) < 4.78 is 44.2. The lowest BCUT2D eigenvalue weighted by molar-refractivity contribution is -0.120. The number of carbonyl (C=O) groups excluding carboxylic acids is 1. The van der Waals surface area contributed by atoms with Gasteiger partial charge in [0.25, 0.3) is 10.2 Å². The van der Waals surface area contributed by atoms with Crippen LogP contribution in [0, 0.1) is 5.82 Å². The Labute approximate surface area is 187 Å². The Morgan fingerprint density at radius 1 is 1.32 bits per heavy atom. The molecule has 0 saturated carbocycles. The first kappa shape index (κ1) is 21.9. The molecule has 3 aromatic rings. The largest absolute Gasteiger partial charge is 0.333 e. The second kappa shape index (κ2) is 8.32. The monoisotopic (exact) mass is 483 g/mol. The fraction of sp³-hybridized carbons (Fsp3) is 0.263. The van der Waals surface area contributed by atoms with E-state index in [9.17, 15) is 17.6 Å². The van der Waals surface area contributed by atoms with Crippen LogP contribution in [0.2, 0.25) is 5.02 Å². The van der Waals surface area contributed by atoms with Crippen LogP contribution in [0.25, 0.3) is 10.6 Å². The molecule has 31 heavy (non-hydrogen) atoms. The number of halogens is 2. The van der Waals surface area contributed by atoms with Gasteiger partial charge in [-0.2, -0.15) is 17.4 Å². The highest BCUT2D eigenvalue weighted by molar-refractivity contribution is 7.87. The van der Waals surface area contributed by atoms with Crippen LogP contribution >= 0.6 is 22.9 Å². The van der Waals surface area contributed by atoms with E-state index in [2.05, 4.69) is 15.0 Å². The third kappa shape index (κ3) is 4.37. The van der Waals surface area contributed by atoms with E-state index in [0.29, 0.717) is 0 Å². The van der Waals surface area contributed by atoms with Crippen molar-refractivity contribution in [1.29, 1.82) is 0 Å². The molecule has 3 heterocycles.